The van der Waals surface area contributed by atoms with Crippen LogP contribution in [-0.2, 0) is 7.05 Å². The van der Waals surface area contributed by atoms with E-state index in [9.17, 15) is 4.79 Å². The van der Waals surface area contributed by atoms with Crippen molar-refractivity contribution < 1.29 is 4.79 Å². The third-order valence-electron chi connectivity index (χ3n) is 6.02. The van der Waals surface area contributed by atoms with Gasteiger partial charge in [-0.15, -0.1) is 12.4 Å². The minimum atomic E-state index is -0.175. The van der Waals surface area contributed by atoms with E-state index >= 15 is 0 Å². The lowest BCUT2D eigenvalue weighted by molar-refractivity contribution is 0.101. The number of amides is 1. The normalized spacial score (nSPS) is 15.6. The summed E-state index contributed by atoms with van der Waals surface area (Å²) in [6.45, 7) is 4.02. The highest BCUT2D eigenvalue weighted by Gasteiger charge is 2.25. The van der Waals surface area contributed by atoms with E-state index in [0.29, 0.717) is 11.6 Å². The number of imidazole rings is 1. The molecular weight excluding hydrogens is 422 g/mol. The quantitative estimate of drug-likeness (QED) is 0.481. The van der Waals surface area contributed by atoms with Gasteiger partial charge >= 0.3 is 0 Å². The third-order valence-corrected chi connectivity index (χ3v) is 6.02. The van der Waals surface area contributed by atoms with Crippen molar-refractivity contribution in [2.75, 3.05) is 23.3 Å². The van der Waals surface area contributed by atoms with E-state index in [4.69, 9.17) is 4.98 Å². The monoisotopic (exact) mass is 447 g/mol. The summed E-state index contributed by atoms with van der Waals surface area (Å²) in [6.07, 6.45) is 4.32. The van der Waals surface area contributed by atoms with Gasteiger partial charge in [0.1, 0.15) is 5.69 Å². The van der Waals surface area contributed by atoms with Crippen molar-refractivity contribution in [2.45, 2.75) is 19.3 Å². The van der Waals surface area contributed by atoms with E-state index < -0.39 is 0 Å². The molecule has 7 heteroatoms. The van der Waals surface area contributed by atoms with Crippen LogP contribution < -0.4 is 10.2 Å². The molecule has 1 amide bonds. The predicted octanol–water partition coefficient (Wildman–Crippen LogP) is 4.94. The van der Waals surface area contributed by atoms with Gasteiger partial charge in [0.05, 0.1) is 18.0 Å². The first kappa shape index (κ1) is 21.8. The Morgan fingerprint density at radius 2 is 1.94 bits per heavy atom. The summed E-state index contributed by atoms with van der Waals surface area (Å²) in [5.74, 6) is 0.351. The van der Waals surface area contributed by atoms with Gasteiger partial charge in [0, 0.05) is 48.5 Å². The zero-order valence-electron chi connectivity index (χ0n) is 18.2. The molecule has 1 aliphatic heterocycles. The van der Waals surface area contributed by atoms with Crippen molar-refractivity contribution >= 4 is 40.6 Å². The van der Waals surface area contributed by atoms with Crippen LogP contribution in [0.4, 0.5) is 11.4 Å². The van der Waals surface area contributed by atoms with Crippen molar-refractivity contribution in [2.24, 2.45) is 7.05 Å². The summed E-state index contributed by atoms with van der Waals surface area (Å²) in [7, 11) is 1.81. The molecule has 4 aromatic rings. The summed E-state index contributed by atoms with van der Waals surface area (Å²) in [5.41, 5.74) is 5.79. The van der Waals surface area contributed by atoms with Gasteiger partial charge in [-0.05, 0) is 43.2 Å². The van der Waals surface area contributed by atoms with Crippen LogP contribution in [0, 0.1) is 6.92 Å². The number of fused-ring (bicyclic) bond motifs is 1. The molecule has 0 saturated carbocycles. The summed E-state index contributed by atoms with van der Waals surface area (Å²) in [5, 5.41) is 4.06. The summed E-state index contributed by atoms with van der Waals surface area (Å²) in [4.78, 5) is 23.8. The van der Waals surface area contributed by atoms with Crippen LogP contribution in [0.2, 0.25) is 0 Å². The van der Waals surface area contributed by atoms with Crippen molar-refractivity contribution in [3.05, 3.63) is 84.1 Å². The molecule has 2 aromatic heterocycles. The Morgan fingerprint density at radius 3 is 2.69 bits per heavy atom. The molecule has 3 heterocycles. The van der Waals surface area contributed by atoms with Crippen molar-refractivity contribution in [3.63, 3.8) is 0 Å². The van der Waals surface area contributed by atoms with Crippen molar-refractivity contribution in [3.8, 4) is 0 Å². The topological polar surface area (TPSA) is 63.1 Å². The maximum absolute atomic E-state index is 12.6. The van der Waals surface area contributed by atoms with Crippen LogP contribution in [0.15, 0.2) is 67.1 Å². The van der Waals surface area contributed by atoms with E-state index in [0.717, 1.165) is 41.8 Å². The number of hydrogen-bond donors (Lipinski definition) is 1. The van der Waals surface area contributed by atoms with Gasteiger partial charge in [0.15, 0.2) is 0 Å². The van der Waals surface area contributed by atoms with Gasteiger partial charge in [0.2, 0.25) is 0 Å². The molecule has 2 aromatic carbocycles. The number of carbonyl (C=O) groups is 1. The van der Waals surface area contributed by atoms with Crippen molar-refractivity contribution in [1.29, 1.82) is 0 Å². The zero-order valence-corrected chi connectivity index (χ0v) is 19.0. The third kappa shape index (κ3) is 4.18. The van der Waals surface area contributed by atoms with Crippen LogP contribution in [0.25, 0.3) is 10.9 Å². The fraction of sp³-hybridized carbons (Fsp3) is 0.240. The smallest absolute Gasteiger partial charge is 0.273 e. The predicted molar refractivity (Wildman–Crippen MR) is 131 cm³/mol. The number of benzene rings is 2. The number of nitrogens with one attached hydrogen (secondary N) is 1. The van der Waals surface area contributed by atoms with Crippen LogP contribution in [0.5, 0.6) is 0 Å². The largest absolute Gasteiger partial charge is 0.370 e. The fourth-order valence-electron chi connectivity index (χ4n) is 4.42. The number of pyridine rings is 1. The molecule has 5 rings (SSSR count). The Morgan fingerprint density at radius 1 is 1.12 bits per heavy atom. The number of halogens is 1. The van der Waals surface area contributed by atoms with E-state index in [-0.39, 0.29) is 18.3 Å². The summed E-state index contributed by atoms with van der Waals surface area (Å²) in [6, 6.07) is 18.8. The lowest BCUT2D eigenvalue weighted by Gasteiger charge is -2.22. The highest BCUT2D eigenvalue weighted by atomic mass is 35.5. The maximum Gasteiger partial charge on any atom is 0.273 e. The molecular formula is C25H26ClN5O. The number of nitrogens with zero attached hydrogens (tertiary/aromatic N) is 4. The number of hydrogen-bond acceptors (Lipinski definition) is 4. The molecule has 0 aliphatic carbocycles. The minimum absolute atomic E-state index is 0. The highest BCUT2D eigenvalue weighted by molar-refractivity contribution is 6.04. The zero-order chi connectivity index (χ0) is 21.4. The Bertz CT molecular complexity index is 1250. The second kappa shape index (κ2) is 9.01. The Balaban J connectivity index is 0.00000245. The van der Waals surface area contributed by atoms with Gasteiger partial charge in [0.25, 0.3) is 5.91 Å². The maximum atomic E-state index is 12.6. The minimum Gasteiger partial charge on any atom is -0.370 e. The average molecular weight is 448 g/mol. The lowest BCUT2D eigenvalue weighted by Crippen LogP contribution is -2.20. The summed E-state index contributed by atoms with van der Waals surface area (Å²) < 4.78 is 1.71. The molecule has 1 saturated heterocycles. The Kier molecular flexibility index (Phi) is 6.15. The van der Waals surface area contributed by atoms with Gasteiger partial charge < -0.3 is 14.8 Å². The molecule has 0 radical (unpaired) electrons. The van der Waals surface area contributed by atoms with E-state index in [1.807, 2.05) is 32.2 Å². The molecule has 164 valence electrons. The fourth-order valence-corrected chi connectivity index (χ4v) is 4.42. The molecule has 1 unspecified atom stereocenters. The second-order valence-electron chi connectivity index (χ2n) is 8.20. The molecule has 1 atom stereocenters. The number of anilines is 2. The van der Waals surface area contributed by atoms with E-state index in [1.54, 1.807) is 17.1 Å². The van der Waals surface area contributed by atoms with Gasteiger partial charge in [-0.1, -0.05) is 30.3 Å². The summed E-state index contributed by atoms with van der Waals surface area (Å²) >= 11 is 0. The van der Waals surface area contributed by atoms with Gasteiger partial charge in [-0.3, -0.25) is 9.78 Å². The first-order valence-corrected chi connectivity index (χ1v) is 10.6. The van der Waals surface area contributed by atoms with Gasteiger partial charge in [-0.2, -0.15) is 0 Å². The van der Waals surface area contributed by atoms with E-state index in [1.165, 1.54) is 11.3 Å². The van der Waals surface area contributed by atoms with Crippen molar-refractivity contribution in [1.82, 2.24) is 14.5 Å². The molecule has 0 bridgehead atoms. The van der Waals surface area contributed by atoms with Crippen LogP contribution >= 0.6 is 12.4 Å². The van der Waals surface area contributed by atoms with Crippen LogP contribution in [0.3, 0.4) is 0 Å². The van der Waals surface area contributed by atoms with Crippen LogP contribution in [-0.4, -0.2) is 33.5 Å². The molecule has 0 spiro atoms. The average Bonchev–Trinajstić information content (AvgIpc) is 3.43. The molecule has 1 aliphatic rings. The molecule has 6 nitrogen and oxygen atoms in total. The number of aromatic nitrogens is 3. The Labute approximate surface area is 193 Å². The molecule has 1 N–H and O–H groups in total. The second-order valence-corrected chi connectivity index (χ2v) is 8.20. The highest BCUT2D eigenvalue weighted by Crippen LogP contribution is 2.35. The number of rotatable bonds is 4. The number of aryl methyl sites for hydroxylation is 2. The van der Waals surface area contributed by atoms with Gasteiger partial charge in [-0.25, -0.2) is 4.98 Å². The Hall–Kier alpha value is -3.38. The molecule has 32 heavy (non-hydrogen) atoms. The number of carbonyl (C=O) groups excluding carboxylic acids is 1. The first-order chi connectivity index (χ1) is 15.1. The first-order valence-electron chi connectivity index (χ1n) is 10.6. The van der Waals surface area contributed by atoms with E-state index in [2.05, 4.69) is 51.6 Å². The SMILES string of the molecule is Cc1cc(N2CCC(c3ccccc3)C2)c2cc(NC(=O)c3cncn3C)ccc2n1.Cl. The lowest BCUT2D eigenvalue weighted by atomic mass is 9.99. The standard InChI is InChI=1S/C25H25N5O.ClH/c1-17-12-23(30-11-10-19(15-30)18-6-4-3-5-7-18)21-13-20(8-9-22(21)27-17)28-25(31)24-14-26-16-29(24)2;/h3-9,12-14,16,19H,10-11,15H2,1-2H3,(H,28,31);1H. The molecule has 1 fully saturated rings. The van der Waals surface area contributed by atoms with Crippen LogP contribution in [0.1, 0.15) is 34.1 Å².